The second-order valence-electron chi connectivity index (χ2n) is 7.54. The van der Waals surface area contributed by atoms with E-state index in [4.69, 9.17) is 14.6 Å². The molecule has 0 saturated carbocycles. The average molecular weight is 427 g/mol. The summed E-state index contributed by atoms with van der Waals surface area (Å²) in [5.41, 5.74) is 2.67. The van der Waals surface area contributed by atoms with Crippen LogP contribution in [-0.2, 0) is 24.9 Å². The summed E-state index contributed by atoms with van der Waals surface area (Å²) in [4.78, 5) is 6.21. The molecule has 0 aromatic carbocycles. The zero-order chi connectivity index (χ0) is 21.7. The first-order chi connectivity index (χ1) is 14.3. The number of rotatable bonds is 8. The van der Waals surface area contributed by atoms with Crippen LogP contribution in [0.5, 0.6) is 5.88 Å². The Kier molecular flexibility index (Phi) is 7.19. The molecule has 1 aliphatic rings. The third-order valence-electron chi connectivity index (χ3n) is 4.84. The first-order valence-corrected chi connectivity index (χ1v) is 9.99. The molecule has 3 rings (SSSR count). The number of ether oxygens (including phenoxy) is 2. The van der Waals surface area contributed by atoms with Crippen molar-refractivity contribution in [3.05, 3.63) is 35.2 Å². The average Bonchev–Trinajstić information content (AvgIpc) is 3.04. The molecule has 1 saturated heterocycles. The van der Waals surface area contributed by atoms with Crippen molar-refractivity contribution in [3.8, 4) is 5.88 Å². The lowest BCUT2D eigenvalue weighted by atomic mass is 10.0. The molecule has 0 atom stereocenters. The van der Waals surface area contributed by atoms with Gasteiger partial charge >= 0.3 is 6.18 Å². The number of aryl methyl sites for hydroxylation is 1. The van der Waals surface area contributed by atoms with Crippen LogP contribution in [0.2, 0.25) is 0 Å². The van der Waals surface area contributed by atoms with E-state index in [1.807, 2.05) is 11.7 Å². The van der Waals surface area contributed by atoms with Crippen LogP contribution >= 0.6 is 0 Å². The Labute approximate surface area is 174 Å². The van der Waals surface area contributed by atoms with Gasteiger partial charge in [0.1, 0.15) is 5.82 Å². The number of aromatic nitrogens is 3. The van der Waals surface area contributed by atoms with Crippen molar-refractivity contribution in [1.29, 1.82) is 0 Å². The van der Waals surface area contributed by atoms with E-state index >= 15 is 0 Å². The zero-order valence-electron chi connectivity index (χ0n) is 17.5. The largest absolute Gasteiger partial charge is 0.468 e. The van der Waals surface area contributed by atoms with Crippen LogP contribution in [0.25, 0.3) is 0 Å². The molecule has 1 aliphatic heterocycles. The van der Waals surface area contributed by atoms with E-state index in [1.54, 1.807) is 12.1 Å². The summed E-state index contributed by atoms with van der Waals surface area (Å²) in [6.45, 7) is 6.62. The maximum absolute atomic E-state index is 12.5. The van der Waals surface area contributed by atoms with E-state index in [-0.39, 0.29) is 11.8 Å². The maximum atomic E-state index is 12.5. The number of pyridine rings is 1. The van der Waals surface area contributed by atoms with E-state index < -0.39 is 12.8 Å². The summed E-state index contributed by atoms with van der Waals surface area (Å²) in [6.07, 6.45) is -2.99. The highest BCUT2D eigenvalue weighted by Gasteiger charge is 2.29. The normalized spacial score (nSPS) is 15.1. The number of halogens is 3. The molecule has 0 bridgehead atoms. The number of morpholine rings is 1. The highest BCUT2D eigenvalue weighted by Crippen LogP contribution is 2.29. The Morgan fingerprint density at radius 1 is 1.23 bits per heavy atom. The summed E-state index contributed by atoms with van der Waals surface area (Å²) < 4.78 is 49.7. The van der Waals surface area contributed by atoms with Crippen molar-refractivity contribution in [2.45, 2.75) is 39.0 Å². The molecular formula is C20H28F3N5O2. The summed E-state index contributed by atoms with van der Waals surface area (Å²) in [5, 5.41) is 8.05. The van der Waals surface area contributed by atoms with Crippen molar-refractivity contribution in [1.82, 2.24) is 20.1 Å². The molecule has 0 aliphatic carbocycles. The van der Waals surface area contributed by atoms with Gasteiger partial charge in [0.05, 0.1) is 18.9 Å². The SMILES string of the molecule is CC(C)c1nn(C)c(N2CCOCC2)c1CNCc1cccnc1OCC(F)(F)F. The molecule has 3 heterocycles. The van der Waals surface area contributed by atoms with E-state index in [0.29, 0.717) is 31.9 Å². The smallest absolute Gasteiger partial charge is 0.422 e. The summed E-state index contributed by atoms with van der Waals surface area (Å²) in [6, 6.07) is 3.39. The predicted molar refractivity (Wildman–Crippen MR) is 107 cm³/mol. The zero-order valence-corrected chi connectivity index (χ0v) is 17.5. The Hall–Kier alpha value is -2.33. The van der Waals surface area contributed by atoms with Crippen molar-refractivity contribution in [3.63, 3.8) is 0 Å². The molecule has 2 aromatic rings. The quantitative estimate of drug-likeness (QED) is 0.699. The Morgan fingerprint density at radius 2 is 1.97 bits per heavy atom. The minimum Gasteiger partial charge on any atom is -0.468 e. The molecule has 0 unspecified atom stereocenters. The second kappa shape index (κ2) is 9.65. The molecule has 10 heteroatoms. The van der Waals surface area contributed by atoms with E-state index in [9.17, 15) is 13.2 Å². The lowest BCUT2D eigenvalue weighted by Crippen LogP contribution is -2.38. The Morgan fingerprint density at radius 3 is 2.63 bits per heavy atom. The topological polar surface area (TPSA) is 64.4 Å². The van der Waals surface area contributed by atoms with Crippen molar-refractivity contribution >= 4 is 5.82 Å². The van der Waals surface area contributed by atoms with Crippen LogP contribution in [0.3, 0.4) is 0 Å². The molecule has 2 aromatic heterocycles. The van der Waals surface area contributed by atoms with Gasteiger partial charge in [0.2, 0.25) is 5.88 Å². The molecular weight excluding hydrogens is 399 g/mol. The van der Waals surface area contributed by atoms with Crippen molar-refractivity contribution < 1.29 is 22.6 Å². The van der Waals surface area contributed by atoms with Gasteiger partial charge in [-0.1, -0.05) is 19.9 Å². The summed E-state index contributed by atoms with van der Waals surface area (Å²) in [5.74, 6) is 1.28. The van der Waals surface area contributed by atoms with Crippen LogP contribution in [0.4, 0.5) is 19.0 Å². The van der Waals surface area contributed by atoms with Gasteiger partial charge in [-0.2, -0.15) is 18.3 Å². The van der Waals surface area contributed by atoms with Gasteiger partial charge in [0.25, 0.3) is 0 Å². The van der Waals surface area contributed by atoms with Crippen LogP contribution < -0.4 is 15.0 Å². The standard InChI is InChI=1S/C20H28F3N5O2/c1-14(2)17-16(19(27(3)26-17)28-7-9-29-10-8-28)12-24-11-15-5-4-6-25-18(15)30-13-20(21,22)23/h4-6,14,24H,7-13H2,1-3H3. The molecule has 0 radical (unpaired) electrons. The fourth-order valence-corrected chi connectivity index (χ4v) is 3.54. The number of hydrogen-bond donors (Lipinski definition) is 1. The van der Waals surface area contributed by atoms with Crippen LogP contribution in [-0.4, -0.2) is 53.9 Å². The van der Waals surface area contributed by atoms with Gasteiger partial charge in [-0.15, -0.1) is 0 Å². The lowest BCUT2D eigenvalue weighted by Gasteiger charge is -2.29. The Bertz CT molecular complexity index is 832. The summed E-state index contributed by atoms with van der Waals surface area (Å²) >= 11 is 0. The molecule has 0 spiro atoms. The van der Waals surface area contributed by atoms with Gasteiger partial charge in [-0.05, 0) is 12.0 Å². The van der Waals surface area contributed by atoms with Gasteiger partial charge in [-0.3, -0.25) is 4.68 Å². The van der Waals surface area contributed by atoms with Crippen molar-refractivity contribution in [2.24, 2.45) is 7.05 Å². The van der Waals surface area contributed by atoms with Crippen molar-refractivity contribution in [2.75, 3.05) is 37.8 Å². The van der Waals surface area contributed by atoms with Crippen LogP contribution in [0.15, 0.2) is 18.3 Å². The number of anilines is 1. The first-order valence-electron chi connectivity index (χ1n) is 9.99. The molecule has 1 N–H and O–H groups in total. The van der Waals surface area contributed by atoms with Gasteiger partial charge in [0.15, 0.2) is 6.61 Å². The highest BCUT2D eigenvalue weighted by molar-refractivity contribution is 5.51. The monoisotopic (exact) mass is 427 g/mol. The lowest BCUT2D eigenvalue weighted by molar-refractivity contribution is -0.154. The molecule has 1 fully saturated rings. The van der Waals surface area contributed by atoms with Gasteiger partial charge in [-0.25, -0.2) is 4.98 Å². The van der Waals surface area contributed by atoms with Crippen LogP contribution in [0, 0.1) is 0 Å². The van der Waals surface area contributed by atoms with E-state index in [2.05, 4.69) is 29.0 Å². The third-order valence-corrected chi connectivity index (χ3v) is 4.84. The fourth-order valence-electron chi connectivity index (χ4n) is 3.54. The van der Waals surface area contributed by atoms with E-state index in [1.165, 1.54) is 6.20 Å². The first kappa shape index (κ1) is 22.4. The minimum atomic E-state index is -4.41. The molecule has 166 valence electrons. The molecule has 7 nitrogen and oxygen atoms in total. The summed E-state index contributed by atoms with van der Waals surface area (Å²) in [7, 11) is 1.93. The maximum Gasteiger partial charge on any atom is 0.422 e. The molecule has 30 heavy (non-hydrogen) atoms. The fraction of sp³-hybridized carbons (Fsp3) is 0.600. The minimum absolute atomic E-state index is 0.00834. The molecule has 0 amide bonds. The third kappa shape index (κ3) is 5.63. The van der Waals surface area contributed by atoms with Crippen LogP contribution in [0.1, 0.15) is 36.6 Å². The number of alkyl halides is 3. The Balaban J connectivity index is 1.73. The predicted octanol–water partition coefficient (Wildman–Crippen LogP) is 3.01. The van der Waals surface area contributed by atoms with Gasteiger partial charge < -0.3 is 19.7 Å². The number of hydrogen-bond acceptors (Lipinski definition) is 6. The van der Waals surface area contributed by atoms with E-state index in [0.717, 1.165) is 30.2 Å². The van der Waals surface area contributed by atoms with Gasteiger partial charge in [0, 0.05) is 50.6 Å². The number of nitrogens with one attached hydrogen (secondary N) is 1. The number of nitrogens with zero attached hydrogens (tertiary/aromatic N) is 4. The highest BCUT2D eigenvalue weighted by atomic mass is 19.4. The second-order valence-corrected chi connectivity index (χ2v) is 7.54.